The molecule has 0 aliphatic carbocycles. The molecular formula is C16H25N5O2. The number of amides is 1. The number of hydrogen-bond acceptors (Lipinski definition) is 5. The molecule has 0 aromatic carbocycles. The highest BCUT2D eigenvalue weighted by Crippen LogP contribution is 2.27. The standard InChI is InChI=1S/C16H25N5O2/c1-10(2)12-7-13(20-19-12)11-3-5-21(6-4-11)16(23)14-8-18-15(22)9-17-14/h8-13,19-20H,3-7H2,1-2H3,(H,18,22). The minimum atomic E-state index is -0.292. The number of H-pyrrole nitrogens is 1. The van der Waals surface area contributed by atoms with E-state index < -0.39 is 0 Å². The number of aromatic nitrogens is 2. The molecule has 126 valence electrons. The summed E-state index contributed by atoms with van der Waals surface area (Å²) in [6.45, 7) is 5.96. The molecular weight excluding hydrogens is 294 g/mol. The Morgan fingerprint density at radius 1 is 1.30 bits per heavy atom. The van der Waals surface area contributed by atoms with E-state index in [1.54, 1.807) is 0 Å². The van der Waals surface area contributed by atoms with Crippen molar-refractivity contribution in [3.63, 3.8) is 0 Å². The summed E-state index contributed by atoms with van der Waals surface area (Å²) >= 11 is 0. The highest BCUT2D eigenvalue weighted by molar-refractivity contribution is 5.92. The molecule has 2 unspecified atom stereocenters. The van der Waals surface area contributed by atoms with E-state index in [-0.39, 0.29) is 11.5 Å². The summed E-state index contributed by atoms with van der Waals surface area (Å²) in [7, 11) is 0. The van der Waals surface area contributed by atoms with Gasteiger partial charge in [0.05, 0.1) is 6.20 Å². The Hall–Kier alpha value is -1.73. The number of piperidine rings is 1. The normalized spacial score (nSPS) is 26.0. The first kappa shape index (κ1) is 16.1. The smallest absolute Gasteiger partial charge is 0.273 e. The van der Waals surface area contributed by atoms with Gasteiger partial charge in [-0.3, -0.25) is 20.4 Å². The summed E-state index contributed by atoms with van der Waals surface area (Å²) in [6, 6.07) is 1.02. The predicted octanol–water partition coefficient (Wildman–Crippen LogP) is 0.513. The van der Waals surface area contributed by atoms with E-state index in [1.165, 1.54) is 6.20 Å². The molecule has 3 N–H and O–H groups in total. The minimum Gasteiger partial charge on any atom is -0.337 e. The SMILES string of the molecule is CC(C)C1CC(C2CCN(C(=O)c3c[nH]c(=O)cn3)CC2)NN1. The number of rotatable bonds is 3. The van der Waals surface area contributed by atoms with Gasteiger partial charge in [-0.15, -0.1) is 0 Å². The van der Waals surface area contributed by atoms with Crippen molar-refractivity contribution in [1.29, 1.82) is 0 Å². The number of hydrazine groups is 1. The number of carbonyl (C=O) groups excluding carboxylic acids is 1. The zero-order valence-corrected chi connectivity index (χ0v) is 13.7. The summed E-state index contributed by atoms with van der Waals surface area (Å²) in [5.74, 6) is 1.12. The van der Waals surface area contributed by atoms with Gasteiger partial charge in [0.1, 0.15) is 5.69 Å². The van der Waals surface area contributed by atoms with Gasteiger partial charge in [0.25, 0.3) is 11.5 Å². The lowest BCUT2D eigenvalue weighted by atomic mass is 9.85. The third-order valence-electron chi connectivity index (χ3n) is 5.05. The van der Waals surface area contributed by atoms with E-state index in [0.29, 0.717) is 29.6 Å². The Morgan fingerprint density at radius 3 is 2.61 bits per heavy atom. The largest absolute Gasteiger partial charge is 0.337 e. The fourth-order valence-corrected chi connectivity index (χ4v) is 3.48. The van der Waals surface area contributed by atoms with Crippen LogP contribution >= 0.6 is 0 Å². The molecule has 2 aliphatic rings. The average molecular weight is 319 g/mol. The zero-order chi connectivity index (χ0) is 16.4. The lowest BCUT2D eigenvalue weighted by Crippen LogP contribution is -2.45. The Bertz CT molecular complexity index is 586. The fourth-order valence-electron chi connectivity index (χ4n) is 3.48. The molecule has 0 spiro atoms. The number of likely N-dealkylation sites (tertiary alicyclic amines) is 1. The quantitative estimate of drug-likeness (QED) is 0.755. The van der Waals surface area contributed by atoms with Gasteiger partial charge in [-0.05, 0) is 31.1 Å². The Balaban J connectivity index is 1.53. The van der Waals surface area contributed by atoms with Gasteiger partial charge in [0.15, 0.2) is 0 Å². The average Bonchev–Trinajstić information content (AvgIpc) is 3.05. The van der Waals surface area contributed by atoms with Gasteiger partial charge >= 0.3 is 0 Å². The molecule has 7 heteroatoms. The van der Waals surface area contributed by atoms with Gasteiger partial charge < -0.3 is 9.88 Å². The maximum absolute atomic E-state index is 12.4. The second kappa shape index (κ2) is 6.80. The molecule has 7 nitrogen and oxygen atoms in total. The third-order valence-corrected chi connectivity index (χ3v) is 5.05. The number of aromatic amines is 1. The Labute approximate surface area is 135 Å². The van der Waals surface area contributed by atoms with Crippen LogP contribution in [0.15, 0.2) is 17.2 Å². The van der Waals surface area contributed by atoms with Crippen molar-refractivity contribution in [2.24, 2.45) is 11.8 Å². The summed E-state index contributed by atoms with van der Waals surface area (Å²) < 4.78 is 0. The molecule has 3 heterocycles. The van der Waals surface area contributed by atoms with Gasteiger partial charge in [-0.2, -0.15) is 0 Å². The van der Waals surface area contributed by atoms with Crippen LogP contribution in [0.5, 0.6) is 0 Å². The summed E-state index contributed by atoms with van der Waals surface area (Å²) in [4.78, 5) is 31.7. The topological polar surface area (TPSA) is 90.1 Å². The van der Waals surface area contributed by atoms with Crippen molar-refractivity contribution in [2.45, 2.75) is 45.2 Å². The van der Waals surface area contributed by atoms with Crippen LogP contribution < -0.4 is 16.4 Å². The molecule has 0 radical (unpaired) electrons. The van der Waals surface area contributed by atoms with Crippen molar-refractivity contribution in [1.82, 2.24) is 25.7 Å². The van der Waals surface area contributed by atoms with Gasteiger partial charge in [-0.1, -0.05) is 13.8 Å². The number of nitrogens with zero attached hydrogens (tertiary/aromatic N) is 2. The molecule has 0 saturated carbocycles. The maximum atomic E-state index is 12.4. The molecule has 23 heavy (non-hydrogen) atoms. The number of hydrogen-bond donors (Lipinski definition) is 3. The molecule has 1 aromatic rings. The molecule has 2 fully saturated rings. The van der Waals surface area contributed by atoms with Crippen LogP contribution in [0.2, 0.25) is 0 Å². The van der Waals surface area contributed by atoms with E-state index in [2.05, 4.69) is 34.7 Å². The highest BCUT2D eigenvalue weighted by atomic mass is 16.2. The number of carbonyl (C=O) groups is 1. The van der Waals surface area contributed by atoms with Crippen LogP contribution in [0.25, 0.3) is 0 Å². The molecule has 2 aliphatic heterocycles. The maximum Gasteiger partial charge on any atom is 0.273 e. The second-order valence-electron chi connectivity index (χ2n) is 6.91. The second-order valence-corrected chi connectivity index (χ2v) is 6.91. The third kappa shape index (κ3) is 3.61. The lowest BCUT2D eigenvalue weighted by Gasteiger charge is -2.34. The first-order valence-electron chi connectivity index (χ1n) is 8.39. The van der Waals surface area contributed by atoms with Crippen LogP contribution in [-0.4, -0.2) is 45.9 Å². The van der Waals surface area contributed by atoms with Gasteiger partial charge in [0, 0.05) is 31.4 Å². The summed E-state index contributed by atoms with van der Waals surface area (Å²) in [6.07, 6.45) is 5.70. The summed E-state index contributed by atoms with van der Waals surface area (Å²) in [5.41, 5.74) is 6.85. The van der Waals surface area contributed by atoms with Crippen LogP contribution in [-0.2, 0) is 0 Å². The molecule has 1 aromatic heterocycles. The highest BCUT2D eigenvalue weighted by Gasteiger charge is 2.34. The lowest BCUT2D eigenvalue weighted by molar-refractivity contribution is 0.0666. The molecule has 2 saturated heterocycles. The van der Waals surface area contributed by atoms with Crippen molar-refractivity contribution in [3.05, 3.63) is 28.4 Å². The molecule has 2 atom stereocenters. The van der Waals surface area contributed by atoms with Gasteiger partial charge in [-0.25, -0.2) is 4.98 Å². The van der Waals surface area contributed by atoms with Crippen molar-refractivity contribution < 1.29 is 4.79 Å². The number of nitrogens with one attached hydrogen (secondary N) is 3. The van der Waals surface area contributed by atoms with Crippen molar-refractivity contribution in [3.8, 4) is 0 Å². The van der Waals surface area contributed by atoms with Gasteiger partial charge in [0.2, 0.25) is 0 Å². The molecule has 1 amide bonds. The molecule has 0 bridgehead atoms. The predicted molar refractivity (Wildman–Crippen MR) is 86.8 cm³/mol. The van der Waals surface area contributed by atoms with Crippen LogP contribution in [0, 0.1) is 11.8 Å². The Morgan fingerprint density at radius 2 is 2.04 bits per heavy atom. The van der Waals surface area contributed by atoms with Crippen LogP contribution in [0.1, 0.15) is 43.6 Å². The van der Waals surface area contributed by atoms with Crippen LogP contribution in [0.4, 0.5) is 0 Å². The first-order valence-corrected chi connectivity index (χ1v) is 8.39. The van der Waals surface area contributed by atoms with E-state index in [4.69, 9.17) is 0 Å². The van der Waals surface area contributed by atoms with Crippen LogP contribution in [0.3, 0.4) is 0 Å². The van der Waals surface area contributed by atoms with E-state index >= 15 is 0 Å². The first-order chi connectivity index (χ1) is 11.0. The summed E-state index contributed by atoms with van der Waals surface area (Å²) in [5, 5.41) is 0. The van der Waals surface area contributed by atoms with Crippen molar-refractivity contribution >= 4 is 5.91 Å². The van der Waals surface area contributed by atoms with Crippen molar-refractivity contribution in [2.75, 3.05) is 13.1 Å². The van der Waals surface area contributed by atoms with E-state index in [1.807, 2.05) is 4.90 Å². The van der Waals surface area contributed by atoms with E-state index in [9.17, 15) is 9.59 Å². The van der Waals surface area contributed by atoms with E-state index in [0.717, 1.165) is 38.5 Å². The Kier molecular flexibility index (Phi) is 4.77. The zero-order valence-electron chi connectivity index (χ0n) is 13.7. The molecule has 3 rings (SSSR count). The minimum absolute atomic E-state index is 0.0998. The monoisotopic (exact) mass is 319 g/mol. The fraction of sp³-hybridized carbons (Fsp3) is 0.688.